The first-order chi connectivity index (χ1) is 9.31. The van der Waals surface area contributed by atoms with E-state index in [0.29, 0.717) is 11.4 Å². The van der Waals surface area contributed by atoms with Crippen molar-refractivity contribution in [3.05, 3.63) is 24.3 Å². The van der Waals surface area contributed by atoms with E-state index in [0.717, 1.165) is 0 Å². The van der Waals surface area contributed by atoms with Gasteiger partial charge in [-0.3, -0.25) is 9.59 Å². The molecule has 110 valence electrons. The molecule has 0 saturated heterocycles. The Balaban J connectivity index is 2.73. The summed E-state index contributed by atoms with van der Waals surface area (Å²) in [6.07, 6.45) is 0. The fraction of sp³-hybridized carbons (Fsp3) is 0.467. The van der Waals surface area contributed by atoms with E-state index in [9.17, 15) is 9.59 Å². The van der Waals surface area contributed by atoms with Crippen LogP contribution in [0.2, 0.25) is 0 Å². The number of hydrogen-bond donors (Lipinski definition) is 2. The number of nitrogens with one attached hydrogen (secondary N) is 2. The van der Waals surface area contributed by atoms with E-state index in [1.165, 1.54) is 0 Å². The third-order valence-corrected chi connectivity index (χ3v) is 4.23. The predicted octanol–water partition coefficient (Wildman–Crippen LogP) is 3.64. The standard InChI is InChI=1S/C15H21BrN2O2/c1-9(2)13(16)15(20)18-12-7-5-6-11(8-12)17-14(19)10(3)4/h5-10,13H,1-4H3,(H,17,19)(H,18,20). The second-order valence-electron chi connectivity index (χ2n) is 5.36. The van der Waals surface area contributed by atoms with Crippen LogP contribution in [0, 0.1) is 11.8 Å². The molecule has 0 spiro atoms. The van der Waals surface area contributed by atoms with E-state index in [-0.39, 0.29) is 28.5 Å². The fourth-order valence-corrected chi connectivity index (χ4v) is 1.59. The summed E-state index contributed by atoms with van der Waals surface area (Å²) in [5.41, 5.74) is 1.35. The number of benzene rings is 1. The zero-order valence-electron chi connectivity index (χ0n) is 12.2. The average Bonchev–Trinajstić information content (AvgIpc) is 2.37. The van der Waals surface area contributed by atoms with Crippen LogP contribution in [0.15, 0.2) is 24.3 Å². The summed E-state index contributed by atoms with van der Waals surface area (Å²) >= 11 is 3.36. The number of anilines is 2. The van der Waals surface area contributed by atoms with Gasteiger partial charge in [-0.2, -0.15) is 0 Å². The molecule has 1 unspecified atom stereocenters. The molecule has 2 N–H and O–H groups in total. The lowest BCUT2D eigenvalue weighted by Gasteiger charge is -2.14. The summed E-state index contributed by atoms with van der Waals surface area (Å²) in [7, 11) is 0. The lowest BCUT2D eigenvalue weighted by molar-refractivity contribution is -0.119. The van der Waals surface area contributed by atoms with Crippen LogP contribution in [-0.2, 0) is 9.59 Å². The largest absolute Gasteiger partial charge is 0.326 e. The van der Waals surface area contributed by atoms with Gasteiger partial charge in [-0.25, -0.2) is 0 Å². The molecule has 1 aromatic carbocycles. The Labute approximate surface area is 128 Å². The highest BCUT2D eigenvalue weighted by Gasteiger charge is 2.18. The molecule has 0 aliphatic heterocycles. The third kappa shape index (κ3) is 4.96. The second kappa shape index (κ2) is 7.43. The molecular formula is C15H21BrN2O2. The van der Waals surface area contributed by atoms with Crippen molar-refractivity contribution in [2.45, 2.75) is 32.5 Å². The lowest BCUT2D eigenvalue weighted by atomic mass is 10.1. The molecule has 0 saturated carbocycles. The first kappa shape index (κ1) is 16.7. The molecule has 20 heavy (non-hydrogen) atoms. The van der Waals surface area contributed by atoms with Crippen molar-refractivity contribution < 1.29 is 9.59 Å². The number of hydrogen-bond acceptors (Lipinski definition) is 2. The van der Waals surface area contributed by atoms with Crippen LogP contribution in [0.4, 0.5) is 11.4 Å². The average molecular weight is 341 g/mol. The zero-order chi connectivity index (χ0) is 15.3. The van der Waals surface area contributed by atoms with Gasteiger partial charge in [0.2, 0.25) is 11.8 Å². The molecule has 1 aromatic rings. The van der Waals surface area contributed by atoms with Crippen LogP contribution in [0.25, 0.3) is 0 Å². The maximum absolute atomic E-state index is 12.0. The van der Waals surface area contributed by atoms with Gasteiger partial charge < -0.3 is 10.6 Å². The number of halogens is 1. The third-order valence-electron chi connectivity index (χ3n) is 2.76. The predicted molar refractivity (Wildman–Crippen MR) is 86.1 cm³/mol. The minimum Gasteiger partial charge on any atom is -0.326 e. The van der Waals surface area contributed by atoms with Crippen LogP contribution in [0.3, 0.4) is 0 Å². The Morgan fingerprint density at radius 2 is 1.50 bits per heavy atom. The fourth-order valence-electron chi connectivity index (χ4n) is 1.48. The van der Waals surface area contributed by atoms with Gasteiger partial charge in [0.05, 0.1) is 4.83 Å². The molecule has 1 atom stereocenters. The second-order valence-corrected chi connectivity index (χ2v) is 6.35. The minimum absolute atomic E-state index is 0.0472. The molecule has 5 heteroatoms. The zero-order valence-corrected chi connectivity index (χ0v) is 13.8. The van der Waals surface area contributed by atoms with Crippen LogP contribution in [0.5, 0.6) is 0 Å². The van der Waals surface area contributed by atoms with Crippen molar-refractivity contribution in [3.63, 3.8) is 0 Å². The maximum Gasteiger partial charge on any atom is 0.238 e. The van der Waals surface area contributed by atoms with Gasteiger partial charge in [0.1, 0.15) is 0 Å². The Morgan fingerprint density at radius 3 is 1.95 bits per heavy atom. The number of alkyl halides is 1. The normalized spacial score (nSPS) is 12.3. The minimum atomic E-state index is -0.239. The molecule has 0 aromatic heterocycles. The van der Waals surface area contributed by atoms with Gasteiger partial charge in [0, 0.05) is 17.3 Å². The van der Waals surface area contributed by atoms with Gasteiger partial charge in [-0.1, -0.05) is 49.7 Å². The molecular weight excluding hydrogens is 320 g/mol. The summed E-state index contributed by atoms with van der Waals surface area (Å²) in [5, 5.41) is 5.63. The van der Waals surface area contributed by atoms with Crippen LogP contribution >= 0.6 is 15.9 Å². The Hall–Kier alpha value is -1.36. The van der Waals surface area contributed by atoms with Crippen molar-refractivity contribution in [1.29, 1.82) is 0 Å². The van der Waals surface area contributed by atoms with Gasteiger partial charge in [-0.05, 0) is 24.1 Å². The molecule has 0 aliphatic carbocycles. The molecule has 1 rings (SSSR count). The molecule has 0 fully saturated rings. The molecule has 0 heterocycles. The Kier molecular flexibility index (Phi) is 6.20. The van der Waals surface area contributed by atoms with Gasteiger partial charge >= 0.3 is 0 Å². The van der Waals surface area contributed by atoms with Gasteiger partial charge in [0.25, 0.3) is 0 Å². The highest BCUT2D eigenvalue weighted by molar-refractivity contribution is 9.10. The van der Waals surface area contributed by atoms with Crippen molar-refractivity contribution in [2.75, 3.05) is 10.6 Å². The van der Waals surface area contributed by atoms with E-state index < -0.39 is 0 Å². The summed E-state index contributed by atoms with van der Waals surface area (Å²) in [6, 6.07) is 7.13. The Morgan fingerprint density at radius 1 is 1.00 bits per heavy atom. The summed E-state index contributed by atoms with van der Waals surface area (Å²) in [4.78, 5) is 23.3. The monoisotopic (exact) mass is 340 g/mol. The van der Waals surface area contributed by atoms with Crippen LogP contribution < -0.4 is 10.6 Å². The van der Waals surface area contributed by atoms with Gasteiger partial charge in [-0.15, -0.1) is 0 Å². The summed E-state index contributed by atoms with van der Waals surface area (Å²) in [5.74, 6) is -0.0127. The van der Waals surface area contributed by atoms with E-state index in [1.54, 1.807) is 24.3 Å². The molecule has 0 radical (unpaired) electrons. The van der Waals surface area contributed by atoms with Crippen molar-refractivity contribution >= 4 is 39.1 Å². The highest BCUT2D eigenvalue weighted by atomic mass is 79.9. The molecule has 2 amide bonds. The smallest absolute Gasteiger partial charge is 0.238 e. The quantitative estimate of drug-likeness (QED) is 0.804. The first-order valence-corrected chi connectivity index (χ1v) is 7.58. The first-order valence-electron chi connectivity index (χ1n) is 6.67. The SMILES string of the molecule is CC(C)C(=O)Nc1cccc(NC(=O)C(Br)C(C)C)c1. The Bertz CT molecular complexity index is 487. The highest BCUT2D eigenvalue weighted by Crippen LogP contribution is 2.19. The van der Waals surface area contributed by atoms with Crippen LogP contribution in [0.1, 0.15) is 27.7 Å². The van der Waals surface area contributed by atoms with E-state index in [2.05, 4.69) is 26.6 Å². The lowest BCUT2D eigenvalue weighted by Crippen LogP contribution is -2.27. The molecule has 0 bridgehead atoms. The van der Waals surface area contributed by atoms with E-state index in [1.807, 2.05) is 27.7 Å². The van der Waals surface area contributed by atoms with Crippen molar-refractivity contribution in [3.8, 4) is 0 Å². The number of carbonyl (C=O) groups is 2. The molecule has 4 nitrogen and oxygen atoms in total. The summed E-state index contributed by atoms with van der Waals surface area (Å²) in [6.45, 7) is 7.61. The number of rotatable bonds is 5. The number of amides is 2. The number of carbonyl (C=O) groups excluding carboxylic acids is 2. The van der Waals surface area contributed by atoms with Crippen molar-refractivity contribution in [1.82, 2.24) is 0 Å². The van der Waals surface area contributed by atoms with Crippen molar-refractivity contribution in [2.24, 2.45) is 11.8 Å². The summed E-state index contributed by atoms with van der Waals surface area (Å²) < 4.78 is 0. The van der Waals surface area contributed by atoms with Gasteiger partial charge in [0.15, 0.2) is 0 Å². The van der Waals surface area contributed by atoms with E-state index in [4.69, 9.17) is 0 Å². The van der Waals surface area contributed by atoms with E-state index >= 15 is 0 Å². The van der Waals surface area contributed by atoms with Crippen LogP contribution in [-0.4, -0.2) is 16.6 Å². The maximum atomic E-state index is 12.0. The topological polar surface area (TPSA) is 58.2 Å². The molecule has 0 aliphatic rings.